The van der Waals surface area contributed by atoms with Crippen LogP contribution in [0, 0.1) is 5.92 Å². The van der Waals surface area contributed by atoms with Crippen LogP contribution in [0.15, 0.2) is 18.2 Å². The molecule has 1 aromatic rings. The van der Waals surface area contributed by atoms with Gasteiger partial charge in [-0.2, -0.15) is 0 Å². The molecule has 2 rings (SSSR count). The Morgan fingerprint density at radius 1 is 1.50 bits per heavy atom. The van der Waals surface area contributed by atoms with Crippen LogP contribution in [0.25, 0.3) is 0 Å². The van der Waals surface area contributed by atoms with E-state index in [0.717, 1.165) is 38.3 Å². The molecule has 0 radical (unpaired) electrons. The van der Waals surface area contributed by atoms with Crippen LogP contribution in [-0.2, 0) is 4.74 Å². The van der Waals surface area contributed by atoms with Gasteiger partial charge in [-0.25, -0.2) is 0 Å². The lowest BCUT2D eigenvalue weighted by Gasteiger charge is -2.12. The molecule has 0 saturated carbocycles. The first kappa shape index (κ1) is 14.7. The molecule has 110 valence electrons. The number of hydrogen-bond donors (Lipinski definition) is 3. The van der Waals surface area contributed by atoms with Gasteiger partial charge in [0.15, 0.2) is 0 Å². The van der Waals surface area contributed by atoms with Crippen molar-refractivity contribution in [2.24, 2.45) is 5.92 Å². The molecule has 1 aliphatic rings. The lowest BCUT2D eigenvalue weighted by Crippen LogP contribution is -2.22. The molecule has 20 heavy (non-hydrogen) atoms. The zero-order valence-corrected chi connectivity index (χ0v) is 11.9. The third-order valence-electron chi connectivity index (χ3n) is 3.54. The van der Waals surface area contributed by atoms with Crippen molar-refractivity contribution in [3.8, 4) is 0 Å². The minimum atomic E-state index is -0.0890. The summed E-state index contributed by atoms with van der Waals surface area (Å²) in [6.45, 7) is 5.13. The number of benzene rings is 1. The molecule has 0 aliphatic carbocycles. The number of carbonyl (C=O) groups excluding carboxylic acids is 1. The zero-order valence-electron chi connectivity index (χ0n) is 11.9. The van der Waals surface area contributed by atoms with E-state index in [0.29, 0.717) is 23.7 Å². The Morgan fingerprint density at radius 3 is 3.00 bits per heavy atom. The largest absolute Gasteiger partial charge is 0.397 e. The summed E-state index contributed by atoms with van der Waals surface area (Å²) in [6, 6.07) is 5.37. The molecule has 1 fully saturated rings. The van der Waals surface area contributed by atoms with Crippen LogP contribution in [0.5, 0.6) is 0 Å². The molecule has 0 spiro atoms. The summed E-state index contributed by atoms with van der Waals surface area (Å²) in [5.74, 6) is 0.562. The SMILES string of the molecule is CCNC(=O)c1ccc(NCCC2CCOC2)c(N)c1. The fraction of sp³-hybridized carbons (Fsp3) is 0.533. The molecular weight excluding hydrogens is 254 g/mol. The van der Waals surface area contributed by atoms with Gasteiger partial charge < -0.3 is 21.1 Å². The molecule has 5 nitrogen and oxygen atoms in total. The normalized spacial score (nSPS) is 17.9. The molecule has 1 amide bonds. The topological polar surface area (TPSA) is 76.4 Å². The Kier molecular flexibility index (Phi) is 5.24. The van der Waals surface area contributed by atoms with Gasteiger partial charge >= 0.3 is 0 Å². The van der Waals surface area contributed by atoms with Crippen LogP contribution in [0.2, 0.25) is 0 Å². The first-order chi connectivity index (χ1) is 9.70. The van der Waals surface area contributed by atoms with Gasteiger partial charge in [0.2, 0.25) is 0 Å². The molecule has 1 atom stereocenters. The lowest BCUT2D eigenvalue weighted by atomic mass is 10.1. The highest BCUT2D eigenvalue weighted by Crippen LogP contribution is 2.21. The summed E-state index contributed by atoms with van der Waals surface area (Å²) in [5, 5.41) is 6.09. The van der Waals surface area contributed by atoms with Gasteiger partial charge in [0.1, 0.15) is 0 Å². The van der Waals surface area contributed by atoms with Gasteiger partial charge in [-0.3, -0.25) is 4.79 Å². The van der Waals surface area contributed by atoms with Gasteiger partial charge in [0, 0.05) is 31.9 Å². The molecule has 1 saturated heterocycles. The number of hydrogen-bond acceptors (Lipinski definition) is 4. The van der Waals surface area contributed by atoms with Crippen molar-refractivity contribution in [1.82, 2.24) is 5.32 Å². The summed E-state index contributed by atoms with van der Waals surface area (Å²) in [4.78, 5) is 11.7. The number of nitrogen functional groups attached to an aromatic ring is 1. The van der Waals surface area contributed by atoms with Crippen molar-refractivity contribution in [3.63, 3.8) is 0 Å². The van der Waals surface area contributed by atoms with Crippen LogP contribution in [0.1, 0.15) is 30.1 Å². The van der Waals surface area contributed by atoms with Crippen molar-refractivity contribution in [1.29, 1.82) is 0 Å². The van der Waals surface area contributed by atoms with Crippen molar-refractivity contribution < 1.29 is 9.53 Å². The van der Waals surface area contributed by atoms with E-state index in [4.69, 9.17) is 10.5 Å². The third kappa shape index (κ3) is 3.87. The highest BCUT2D eigenvalue weighted by Gasteiger charge is 2.15. The van der Waals surface area contributed by atoms with Gasteiger partial charge in [0.25, 0.3) is 5.91 Å². The fourth-order valence-corrected chi connectivity index (χ4v) is 2.35. The second kappa shape index (κ2) is 7.14. The molecule has 5 heteroatoms. The number of ether oxygens (including phenoxy) is 1. The van der Waals surface area contributed by atoms with E-state index in [1.807, 2.05) is 13.0 Å². The van der Waals surface area contributed by atoms with Gasteiger partial charge in [-0.1, -0.05) is 0 Å². The van der Waals surface area contributed by atoms with Crippen LogP contribution in [0.3, 0.4) is 0 Å². The Hall–Kier alpha value is -1.75. The third-order valence-corrected chi connectivity index (χ3v) is 3.54. The van der Waals surface area contributed by atoms with E-state index in [1.165, 1.54) is 0 Å². The van der Waals surface area contributed by atoms with Gasteiger partial charge in [-0.05, 0) is 43.9 Å². The van der Waals surface area contributed by atoms with Crippen molar-refractivity contribution in [2.45, 2.75) is 19.8 Å². The van der Waals surface area contributed by atoms with Crippen LogP contribution in [-0.4, -0.2) is 32.2 Å². The molecule has 1 unspecified atom stereocenters. The second-order valence-electron chi connectivity index (χ2n) is 5.11. The van der Waals surface area contributed by atoms with E-state index < -0.39 is 0 Å². The fourth-order valence-electron chi connectivity index (χ4n) is 2.35. The standard InChI is InChI=1S/C15H23N3O2/c1-2-17-15(19)12-3-4-14(13(16)9-12)18-7-5-11-6-8-20-10-11/h3-4,9,11,18H,2,5-8,10,16H2,1H3,(H,17,19). The van der Waals surface area contributed by atoms with Crippen LogP contribution < -0.4 is 16.4 Å². The average Bonchev–Trinajstić information content (AvgIpc) is 2.94. The number of nitrogens with two attached hydrogens (primary N) is 1. The zero-order chi connectivity index (χ0) is 14.4. The number of nitrogens with one attached hydrogen (secondary N) is 2. The van der Waals surface area contributed by atoms with Crippen molar-refractivity contribution >= 4 is 17.3 Å². The summed E-state index contributed by atoms with van der Waals surface area (Å²) < 4.78 is 5.35. The lowest BCUT2D eigenvalue weighted by molar-refractivity contribution is 0.0956. The first-order valence-electron chi connectivity index (χ1n) is 7.20. The van der Waals surface area contributed by atoms with E-state index in [2.05, 4.69) is 10.6 Å². The maximum atomic E-state index is 11.7. The quantitative estimate of drug-likeness (QED) is 0.694. The molecule has 4 N–H and O–H groups in total. The highest BCUT2D eigenvalue weighted by atomic mass is 16.5. The predicted molar refractivity (Wildman–Crippen MR) is 80.9 cm³/mol. The minimum Gasteiger partial charge on any atom is -0.397 e. The smallest absolute Gasteiger partial charge is 0.251 e. The van der Waals surface area contributed by atoms with Gasteiger partial charge in [0.05, 0.1) is 11.4 Å². The number of anilines is 2. The van der Waals surface area contributed by atoms with Crippen LogP contribution in [0.4, 0.5) is 11.4 Å². The molecule has 1 aromatic carbocycles. The Labute approximate surface area is 119 Å². The van der Waals surface area contributed by atoms with E-state index in [9.17, 15) is 4.79 Å². The Morgan fingerprint density at radius 2 is 2.35 bits per heavy atom. The molecular formula is C15H23N3O2. The van der Waals surface area contributed by atoms with Crippen molar-refractivity contribution in [3.05, 3.63) is 23.8 Å². The molecule has 1 aliphatic heterocycles. The second-order valence-corrected chi connectivity index (χ2v) is 5.11. The summed E-state index contributed by atoms with van der Waals surface area (Å²) in [5.41, 5.74) is 8.07. The predicted octanol–water partition coefficient (Wildman–Crippen LogP) is 1.86. The van der Waals surface area contributed by atoms with Crippen LogP contribution >= 0.6 is 0 Å². The van der Waals surface area contributed by atoms with Crippen molar-refractivity contribution in [2.75, 3.05) is 37.4 Å². The number of rotatable bonds is 6. The highest BCUT2D eigenvalue weighted by molar-refractivity contribution is 5.96. The maximum absolute atomic E-state index is 11.7. The molecule has 1 heterocycles. The Balaban J connectivity index is 1.87. The molecule has 0 aromatic heterocycles. The number of amides is 1. The number of carbonyl (C=O) groups is 1. The van der Waals surface area contributed by atoms with Gasteiger partial charge in [-0.15, -0.1) is 0 Å². The maximum Gasteiger partial charge on any atom is 0.251 e. The monoisotopic (exact) mass is 277 g/mol. The Bertz CT molecular complexity index is 456. The minimum absolute atomic E-state index is 0.0890. The summed E-state index contributed by atoms with van der Waals surface area (Å²) >= 11 is 0. The summed E-state index contributed by atoms with van der Waals surface area (Å²) in [6.07, 6.45) is 2.23. The van der Waals surface area contributed by atoms with E-state index in [1.54, 1.807) is 12.1 Å². The average molecular weight is 277 g/mol. The first-order valence-corrected chi connectivity index (χ1v) is 7.20. The summed E-state index contributed by atoms with van der Waals surface area (Å²) in [7, 11) is 0. The molecule has 0 bridgehead atoms. The van der Waals surface area contributed by atoms with E-state index in [-0.39, 0.29) is 5.91 Å². The van der Waals surface area contributed by atoms with E-state index >= 15 is 0 Å².